The maximum atomic E-state index is 12.4. The van der Waals surface area contributed by atoms with Crippen LogP contribution >= 0.6 is 11.8 Å². The zero-order valence-electron chi connectivity index (χ0n) is 11.6. The molecule has 1 N–H and O–H groups in total. The molecule has 1 rings (SSSR count). The molecule has 0 radical (unpaired) electrons. The predicted molar refractivity (Wildman–Crippen MR) is 73.0 cm³/mol. The Hall–Kier alpha value is -0.910. The van der Waals surface area contributed by atoms with E-state index in [2.05, 4.69) is 6.92 Å². The van der Waals surface area contributed by atoms with E-state index >= 15 is 0 Å². The lowest BCUT2D eigenvalue weighted by Crippen LogP contribution is -2.59. The predicted octanol–water partition coefficient (Wildman–Crippen LogP) is 1.73. The van der Waals surface area contributed by atoms with Gasteiger partial charge in [0.05, 0.1) is 0 Å². The normalized spacial score (nSPS) is 24.8. The third-order valence-corrected chi connectivity index (χ3v) is 5.12. The summed E-state index contributed by atoms with van der Waals surface area (Å²) in [5.41, 5.74) is -1.19. The molecule has 0 saturated carbocycles. The first-order chi connectivity index (χ1) is 8.19. The van der Waals surface area contributed by atoms with Crippen molar-refractivity contribution in [3.8, 4) is 0 Å². The molecule has 0 bridgehead atoms. The fourth-order valence-corrected chi connectivity index (χ4v) is 2.88. The van der Waals surface area contributed by atoms with Crippen LogP contribution in [0.2, 0.25) is 0 Å². The number of likely N-dealkylation sites (N-methyl/N-ethyl adjacent to an activating group) is 1. The van der Waals surface area contributed by atoms with Crippen molar-refractivity contribution in [1.82, 2.24) is 9.80 Å². The number of hydrogen-bond donors (Lipinski definition) is 1. The highest BCUT2D eigenvalue weighted by atomic mass is 32.2. The molecular formula is C12H22N2O3S. The lowest BCUT2D eigenvalue weighted by atomic mass is 10.0. The van der Waals surface area contributed by atoms with Crippen LogP contribution < -0.4 is 0 Å². The fourth-order valence-electron chi connectivity index (χ4n) is 1.78. The number of amides is 2. The Morgan fingerprint density at radius 2 is 1.94 bits per heavy atom. The summed E-state index contributed by atoms with van der Waals surface area (Å²) in [4.78, 5) is 26.6. The first-order valence-corrected chi connectivity index (χ1v) is 7.14. The van der Waals surface area contributed by atoms with Crippen molar-refractivity contribution < 1.29 is 14.7 Å². The van der Waals surface area contributed by atoms with E-state index in [1.54, 1.807) is 25.8 Å². The molecule has 1 fully saturated rings. The summed E-state index contributed by atoms with van der Waals surface area (Å²) in [7, 11) is 1.55. The van der Waals surface area contributed by atoms with Gasteiger partial charge in [0.25, 0.3) is 0 Å². The number of urea groups is 1. The van der Waals surface area contributed by atoms with E-state index in [1.165, 1.54) is 4.90 Å². The van der Waals surface area contributed by atoms with Crippen molar-refractivity contribution in [2.24, 2.45) is 0 Å². The van der Waals surface area contributed by atoms with Crippen LogP contribution in [-0.2, 0) is 4.79 Å². The van der Waals surface area contributed by atoms with Gasteiger partial charge in [-0.25, -0.2) is 9.59 Å². The Morgan fingerprint density at radius 1 is 1.39 bits per heavy atom. The van der Waals surface area contributed by atoms with Gasteiger partial charge in [0.15, 0.2) is 0 Å². The number of carbonyl (C=O) groups excluding carboxylic acids is 1. The van der Waals surface area contributed by atoms with Crippen molar-refractivity contribution >= 4 is 23.8 Å². The SMILES string of the molecule is CC1SCCN(C(=O)N(C)C(C)(C)C(=O)O)C1C. The molecule has 18 heavy (non-hydrogen) atoms. The third kappa shape index (κ3) is 2.74. The molecule has 1 aliphatic rings. The lowest BCUT2D eigenvalue weighted by Gasteiger charge is -2.42. The van der Waals surface area contributed by atoms with Crippen LogP contribution in [0.1, 0.15) is 27.7 Å². The van der Waals surface area contributed by atoms with Gasteiger partial charge in [-0.15, -0.1) is 0 Å². The van der Waals surface area contributed by atoms with Crippen LogP contribution in [-0.4, -0.2) is 63.1 Å². The molecule has 0 aromatic heterocycles. The molecule has 0 aromatic rings. The van der Waals surface area contributed by atoms with Gasteiger partial charge >= 0.3 is 12.0 Å². The zero-order chi connectivity index (χ0) is 14.1. The molecule has 1 saturated heterocycles. The largest absolute Gasteiger partial charge is 0.480 e. The summed E-state index contributed by atoms with van der Waals surface area (Å²) in [6.07, 6.45) is 0. The number of rotatable bonds is 2. The van der Waals surface area contributed by atoms with E-state index in [-0.39, 0.29) is 12.1 Å². The summed E-state index contributed by atoms with van der Waals surface area (Å²) in [5.74, 6) is -0.0936. The summed E-state index contributed by atoms with van der Waals surface area (Å²) in [6, 6.07) is -0.0784. The minimum atomic E-state index is -1.19. The van der Waals surface area contributed by atoms with E-state index in [0.717, 1.165) is 5.75 Å². The molecular weight excluding hydrogens is 252 g/mol. The van der Waals surface area contributed by atoms with Crippen molar-refractivity contribution in [3.63, 3.8) is 0 Å². The summed E-state index contributed by atoms with van der Waals surface area (Å²) < 4.78 is 0. The molecule has 0 spiro atoms. The average Bonchev–Trinajstić information content (AvgIpc) is 2.30. The molecule has 104 valence electrons. The van der Waals surface area contributed by atoms with Crippen LogP contribution in [0.4, 0.5) is 4.79 Å². The van der Waals surface area contributed by atoms with Gasteiger partial charge in [-0.1, -0.05) is 6.92 Å². The number of carbonyl (C=O) groups is 2. The molecule has 6 heteroatoms. The smallest absolute Gasteiger partial charge is 0.329 e. The van der Waals surface area contributed by atoms with Crippen LogP contribution in [0, 0.1) is 0 Å². The summed E-state index contributed by atoms with van der Waals surface area (Å²) in [6.45, 7) is 7.86. The van der Waals surface area contributed by atoms with Gasteiger partial charge in [0.1, 0.15) is 5.54 Å². The summed E-state index contributed by atoms with van der Waals surface area (Å²) >= 11 is 1.84. The average molecular weight is 274 g/mol. The van der Waals surface area contributed by atoms with E-state index in [4.69, 9.17) is 5.11 Å². The van der Waals surface area contributed by atoms with Crippen LogP contribution in [0.15, 0.2) is 0 Å². The highest BCUT2D eigenvalue weighted by Crippen LogP contribution is 2.26. The minimum Gasteiger partial charge on any atom is -0.480 e. The number of aliphatic carboxylic acids is 1. The Kier molecular flexibility index (Phi) is 4.53. The Bertz CT molecular complexity index is 346. The van der Waals surface area contributed by atoms with Gasteiger partial charge in [0.2, 0.25) is 0 Å². The number of thioether (sulfide) groups is 1. The molecule has 2 amide bonds. The quantitative estimate of drug-likeness (QED) is 0.833. The van der Waals surface area contributed by atoms with Gasteiger partial charge < -0.3 is 14.9 Å². The molecule has 0 aromatic carbocycles. The van der Waals surface area contributed by atoms with Gasteiger partial charge in [-0.05, 0) is 20.8 Å². The van der Waals surface area contributed by atoms with Crippen molar-refractivity contribution in [3.05, 3.63) is 0 Å². The van der Waals surface area contributed by atoms with Crippen LogP contribution in [0.5, 0.6) is 0 Å². The first-order valence-electron chi connectivity index (χ1n) is 6.09. The highest BCUT2D eigenvalue weighted by Gasteiger charge is 2.39. The number of carboxylic acid groups (broad SMARTS) is 1. The van der Waals surface area contributed by atoms with Crippen molar-refractivity contribution in [2.45, 2.75) is 44.5 Å². The summed E-state index contributed by atoms with van der Waals surface area (Å²) in [5, 5.41) is 9.54. The highest BCUT2D eigenvalue weighted by molar-refractivity contribution is 8.00. The third-order valence-electron chi connectivity index (χ3n) is 3.78. The van der Waals surface area contributed by atoms with E-state index in [9.17, 15) is 9.59 Å². The van der Waals surface area contributed by atoms with Gasteiger partial charge in [-0.3, -0.25) is 0 Å². The van der Waals surface area contributed by atoms with Crippen LogP contribution in [0.3, 0.4) is 0 Å². The maximum absolute atomic E-state index is 12.4. The fraction of sp³-hybridized carbons (Fsp3) is 0.833. The molecule has 1 heterocycles. The van der Waals surface area contributed by atoms with Crippen molar-refractivity contribution in [1.29, 1.82) is 0 Å². The van der Waals surface area contributed by atoms with Crippen LogP contribution in [0.25, 0.3) is 0 Å². The lowest BCUT2D eigenvalue weighted by molar-refractivity contribution is -0.147. The number of hydrogen-bond acceptors (Lipinski definition) is 3. The minimum absolute atomic E-state index is 0.128. The van der Waals surface area contributed by atoms with Gasteiger partial charge in [0, 0.05) is 30.6 Å². The van der Waals surface area contributed by atoms with E-state index in [1.807, 2.05) is 18.7 Å². The number of carboxylic acids is 1. The maximum Gasteiger partial charge on any atom is 0.329 e. The van der Waals surface area contributed by atoms with Crippen molar-refractivity contribution in [2.75, 3.05) is 19.3 Å². The molecule has 0 aliphatic carbocycles. The first kappa shape index (κ1) is 15.1. The second-order valence-corrected chi connectivity index (χ2v) is 6.70. The second-order valence-electron chi connectivity index (χ2n) is 5.22. The Balaban J connectivity index is 2.84. The monoisotopic (exact) mass is 274 g/mol. The molecule has 2 unspecified atom stereocenters. The van der Waals surface area contributed by atoms with E-state index in [0.29, 0.717) is 11.8 Å². The second kappa shape index (κ2) is 5.38. The standard InChI is InChI=1S/C12H22N2O3S/c1-8-9(2)18-7-6-14(8)11(17)13(5)12(3,4)10(15)16/h8-9H,6-7H2,1-5H3,(H,15,16). The molecule has 2 atom stereocenters. The topological polar surface area (TPSA) is 60.9 Å². The number of nitrogens with zero attached hydrogens (tertiary/aromatic N) is 2. The molecule has 5 nitrogen and oxygen atoms in total. The van der Waals surface area contributed by atoms with E-state index < -0.39 is 11.5 Å². The Labute approximate surface area is 113 Å². The molecule has 1 aliphatic heterocycles. The zero-order valence-corrected chi connectivity index (χ0v) is 12.5. The van der Waals surface area contributed by atoms with Gasteiger partial charge in [-0.2, -0.15) is 11.8 Å². The Morgan fingerprint density at radius 3 is 2.44 bits per heavy atom.